The summed E-state index contributed by atoms with van der Waals surface area (Å²) >= 11 is 1.12. The topological polar surface area (TPSA) is 13.1 Å². The van der Waals surface area contributed by atoms with Crippen LogP contribution in [-0.4, -0.2) is 0 Å². The average molecular weight is 182 g/mol. The number of rotatable bonds is 0. The van der Waals surface area contributed by atoms with Gasteiger partial charge in [0.25, 0.3) is 0 Å². The van der Waals surface area contributed by atoms with Crippen molar-refractivity contribution in [3.8, 4) is 0 Å². The predicted octanol–water partition coefficient (Wildman–Crippen LogP) is -2.24. The van der Waals surface area contributed by atoms with E-state index in [1.54, 1.807) is 0 Å². The van der Waals surface area contributed by atoms with Crippen LogP contribution in [0.2, 0.25) is 0 Å². The molecule has 0 aliphatic heterocycles. The van der Waals surface area contributed by atoms with Crippen LogP contribution in [0, 0.1) is 6.92 Å². The molecule has 0 aromatic carbocycles. The zero-order chi connectivity index (χ0) is 5.28. The molecule has 1 heterocycles. The maximum Gasteiger partial charge on any atom is -1.00 e. The Morgan fingerprint density at radius 1 is 1.50 bits per heavy atom. The Labute approximate surface area is 64.5 Å². The first-order chi connectivity index (χ1) is 3.29. The number of furan rings is 1. The molecular formula is C5H5ClOZn. The van der Waals surface area contributed by atoms with E-state index in [9.17, 15) is 0 Å². The molecule has 0 radical (unpaired) electrons. The number of hydrogen-bond acceptors (Lipinski definition) is 1. The minimum Gasteiger partial charge on any atom is -1.00 e. The van der Waals surface area contributed by atoms with Gasteiger partial charge in [0.2, 0.25) is 0 Å². The third kappa shape index (κ3) is 1.98. The first-order valence-corrected chi connectivity index (χ1v) is 3.66. The van der Waals surface area contributed by atoms with E-state index >= 15 is 0 Å². The van der Waals surface area contributed by atoms with Crippen molar-refractivity contribution in [2.45, 2.75) is 6.92 Å². The van der Waals surface area contributed by atoms with Gasteiger partial charge in [-0.1, -0.05) is 0 Å². The van der Waals surface area contributed by atoms with Crippen molar-refractivity contribution in [1.29, 1.82) is 0 Å². The molecule has 0 fully saturated rings. The van der Waals surface area contributed by atoms with Crippen LogP contribution in [0.3, 0.4) is 0 Å². The van der Waals surface area contributed by atoms with Crippen molar-refractivity contribution in [2.24, 2.45) is 0 Å². The Morgan fingerprint density at radius 2 is 2.12 bits per heavy atom. The van der Waals surface area contributed by atoms with Gasteiger partial charge in [0.15, 0.2) is 0 Å². The molecule has 0 spiro atoms. The molecule has 0 amide bonds. The summed E-state index contributed by atoms with van der Waals surface area (Å²) < 4.78 is 6.25. The number of hydrogen-bond donors (Lipinski definition) is 0. The second-order valence-electron chi connectivity index (χ2n) is 1.51. The fourth-order valence-electron chi connectivity index (χ4n) is 0.485. The largest absolute Gasteiger partial charge is 1.00 e. The molecule has 1 nitrogen and oxygen atoms in total. The SMILES string of the molecule is Cc1cc[c]([Zn+])o1.[Cl-]. The molecule has 1 rings (SSSR count). The Kier molecular flexibility index (Phi) is 3.34. The molecule has 0 bridgehead atoms. The smallest absolute Gasteiger partial charge is 1.00 e. The Hall–Kier alpha value is 0.193. The van der Waals surface area contributed by atoms with Crippen molar-refractivity contribution < 1.29 is 35.1 Å². The molecular weight excluding hydrogens is 177 g/mol. The Balaban J connectivity index is 0.000000490. The molecule has 3 heteroatoms. The third-order valence-corrected chi connectivity index (χ3v) is 1.59. The van der Waals surface area contributed by atoms with Crippen LogP contribution in [-0.2, 0) is 18.3 Å². The number of aryl methyl sites for hydroxylation is 1. The third-order valence-electron chi connectivity index (χ3n) is 0.796. The average Bonchev–Trinajstić information content (AvgIpc) is 1.87. The second-order valence-corrected chi connectivity index (χ2v) is 2.97. The summed E-state index contributed by atoms with van der Waals surface area (Å²) in [7, 11) is 0. The maximum atomic E-state index is 5.14. The van der Waals surface area contributed by atoms with E-state index in [1.165, 1.54) is 0 Å². The summed E-state index contributed by atoms with van der Waals surface area (Å²) in [6.45, 7) is 1.96. The van der Waals surface area contributed by atoms with E-state index in [1.807, 2.05) is 19.1 Å². The predicted molar refractivity (Wildman–Crippen MR) is 23.1 cm³/mol. The van der Waals surface area contributed by atoms with Gasteiger partial charge in [-0.3, -0.25) is 0 Å². The van der Waals surface area contributed by atoms with Crippen LogP contribution in [0.5, 0.6) is 0 Å². The van der Waals surface area contributed by atoms with Gasteiger partial charge >= 0.3 is 51.9 Å². The van der Waals surface area contributed by atoms with E-state index in [-0.39, 0.29) is 12.4 Å². The second kappa shape index (κ2) is 3.26. The Bertz CT molecular complexity index is 145. The fourth-order valence-corrected chi connectivity index (χ4v) is 1.21. The van der Waals surface area contributed by atoms with E-state index < -0.39 is 0 Å². The molecule has 0 aliphatic rings. The summed E-state index contributed by atoms with van der Waals surface area (Å²) in [5.74, 6) is 1.02. The molecule has 0 aliphatic carbocycles. The molecule has 0 unspecified atom stereocenters. The summed E-state index contributed by atoms with van der Waals surface area (Å²) in [5.41, 5.74) is 0. The quantitative estimate of drug-likeness (QED) is 0.413. The van der Waals surface area contributed by atoms with Gasteiger partial charge in [0.1, 0.15) is 0 Å². The molecule has 0 saturated heterocycles. The van der Waals surface area contributed by atoms with Gasteiger partial charge in [-0.15, -0.1) is 0 Å². The van der Waals surface area contributed by atoms with Gasteiger partial charge < -0.3 is 12.4 Å². The van der Waals surface area contributed by atoms with Crippen molar-refractivity contribution >= 4 is 4.35 Å². The van der Waals surface area contributed by atoms with Crippen LogP contribution in [0.15, 0.2) is 16.5 Å². The van der Waals surface area contributed by atoms with Crippen LogP contribution in [0.25, 0.3) is 0 Å². The normalized spacial score (nSPS) is 8.38. The van der Waals surface area contributed by atoms with E-state index in [2.05, 4.69) is 0 Å². The number of halogens is 1. The van der Waals surface area contributed by atoms with Gasteiger partial charge in [-0.2, -0.15) is 0 Å². The summed E-state index contributed by atoms with van der Waals surface area (Å²) in [4.78, 5) is 0. The van der Waals surface area contributed by atoms with Crippen LogP contribution in [0.1, 0.15) is 5.76 Å². The van der Waals surface area contributed by atoms with Crippen LogP contribution in [0.4, 0.5) is 0 Å². The van der Waals surface area contributed by atoms with Gasteiger partial charge in [0, 0.05) is 0 Å². The van der Waals surface area contributed by atoms with Crippen LogP contribution < -0.4 is 16.8 Å². The van der Waals surface area contributed by atoms with E-state index in [0.717, 1.165) is 28.4 Å². The molecule has 8 heavy (non-hydrogen) atoms. The van der Waals surface area contributed by atoms with Crippen molar-refractivity contribution in [2.75, 3.05) is 0 Å². The monoisotopic (exact) mass is 180 g/mol. The van der Waals surface area contributed by atoms with Gasteiger partial charge in [0.05, 0.1) is 0 Å². The summed E-state index contributed by atoms with van der Waals surface area (Å²) in [6.07, 6.45) is 0. The minimum absolute atomic E-state index is 0. The zero-order valence-corrected chi connectivity index (χ0v) is 8.37. The molecule has 0 atom stereocenters. The standard InChI is InChI=1S/C5H5O.ClH.Zn/c1-5-3-2-4-6-5;;/h2-3H,1H3;1H;/q;;+1/p-1. The summed E-state index contributed by atoms with van der Waals surface area (Å²) in [6, 6.07) is 3.99. The van der Waals surface area contributed by atoms with Gasteiger partial charge in [-0.25, -0.2) is 0 Å². The van der Waals surface area contributed by atoms with Crippen molar-refractivity contribution in [3.63, 3.8) is 0 Å². The minimum atomic E-state index is 0. The fraction of sp³-hybridized carbons (Fsp3) is 0.200. The first kappa shape index (κ1) is 8.19. The molecule has 0 N–H and O–H groups in total. The maximum absolute atomic E-state index is 5.14. The van der Waals surface area contributed by atoms with Crippen LogP contribution >= 0.6 is 0 Å². The molecule has 0 saturated carbocycles. The van der Waals surface area contributed by atoms with Crippen molar-refractivity contribution in [1.82, 2.24) is 0 Å². The Morgan fingerprint density at radius 3 is 2.25 bits per heavy atom. The first-order valence-electron chi connectivity index (χ1n) is 2.17. The molecule has 1 aromatic heterocycles. The van der Waals surface area contributed by atoms with Gasteiger partial charge in [-0.05, 0) is 0 Å². The molecule has 1 aromatic rings. The van der Waals surface area contributed by atoms with E-state index in [4.69, 9.17) is 4.42 Å². The zero-order valence-electron chi connectivity index (χ0n) is 4.65. The molecule has 40 valence electrons. The van der Waals surface area contributed by atoms with Crippen molar-refractivity contribution in [3.05, 3.63) is 17.9 Å². The summed E-state index contributed by atoms with van der Waals surface area (Å²) in [5, 5.41) is 0. The van der Waals surface area contributed by atoms with E-state index in [0.29, 0.717) is 0 Å².